The lowest BCUT2D eigenvalue weighted by atomic mass is 9.77. The summed E-state index contributed by atoms with van der Waals surface area (Å²) in [5, 5.41) is 19.6. The second-order valence-electron chi connectivity index (χ2n) is 21.4. The summed E-state index contributed by atoms with van der Waals surface area (Å²) in [6.45, 7) is 3.01. The van der Waals surface area contributed by atoms with Crippen LogP contribution in [0.5, 0.6) is 5.75 Å². The Kier molecular flexibility index (Phi) is 15.6. The Balaban J connectivity index is 1.17. The third kappa shape index (κ3) is 11.5. The second-order valence-corrected chi connectivity index (χ2v) is 24.8. The zero-order valence-corrected chi connectivity index (χ0v) is 47.7. The number of aliphatic carboxylic acids is 1. The van der Waals surface area contributed by atoms with Crippen LogP contribution in [0.15, 0.2) is 77.7 Å². The number of carbonyl (C=O) groups is 3. The van der Waals surface area contributed by atoms with Gasteiger partial charge in [-0.15, -0.1) is 0 Å². The standard InChI is InChI=1S/C54H46ClF8N10O11PS/c1-23-12-26(18-40(76)77)43(37(13-23)84-85(79,80)81)53(2,3)21-39(75)73(86(5,82)83)51-42-32(55)8-9-36(45(42)70(4)69-51)72-50(67-34-17-25(6-7-29(34)52(72)78)49-64-11-10-33(66-49)47(58)59)35(16-24-14-27(56)19-28(57)15-24)65-38(74)22-71-46-41(44(68-71)48(60)61)30-20-31(30)54(46,62)63/h6-15,17,19,30-31,35,47-48H,16,18,20-22H2,1-5H3,(H,65,74)(H,76,77)(H2,79,80,81)/t30-,31+,35-/m0/s1. The number of aryl methyl sites for hydroxylation is 2. The van der Waals surface area contributed by atoms with E-state index >= 15 is 22.4 Å². The number of rotatable bonds is 19. The molecule has 0 unspecified atom stereocenters. The van der Waals surface area contributed by atoms with E-state index in [-0.39, 0.29) is 71.3 Å². The lowest BCUT2D eigenvalue weighted by Crippen LogP contribution is -2.40. The van der Waals surface area contributed by atoms with Gasteiger partial charge in [0.1, 0.15) is 46.8 Å². The maximum atomic E-state index is 15.8. The van der Waals surface area contributed by atoms with E-state index in [4.69, 9.17) is 21.1 Å². The highest BCUT2D eigenvalue weighted by Crippen LogP contribution is 2.68. The number of benzene rings is 4. The van der Waals surface area contributed by atoms with Gasteiger partial charge in [0.2, 0.25) is 21.8 Å². The van der Waals surface area contributed by atoms with Gasteiger partial charge in [-0.2, -0.15) is 23.3 Å². The molecular weight excluding hydrogens is 1220 g/mol. The van der Waals surface area contributed by atoms with Gasteiger partial charge in [0.05, 0.1) is 51.2 Å². The van der Waals surface area contributed by atoms with Crippen molar-refractivity contribution in [3.05, 3.63) is 151 Å². The topological polar surface area (TPSA) is 284 Å². The minimum Gasteiger partial charge on any atom is -0.481 e. The summed E-state index contributed by atoms with van der Waals surface area (Å²) >= 11 is 6.92. The molecule has 4 heterocycles. The Morgan fingerprint density at radius 2 is 1.67 bits per heavy atom. The molecule has 1 fully saturated rings. The van der Waals surface area contributed by atoms with Crippen LogP contribution in [0.3, 0.4) is 0 Å². The Morgan fingerprint density at radius 1 is 0.977 bits per heavy atom. The van der Waals surface area contributed by atoms with Crippen LogP contribution in [0.4, 0.5) is 40.9 Å². The molecule has 0 aliphatic heterocycles. The Hall–Kier alpha value is -8.18. The summed E-state index contributed by atoms with van der Waals surface area (Å²) in [6, 6.07) is 9.95. The number of amides is 2. The number of anilines is 1. The molecule has 4 aromatic heterocycles. The van der Waals surface area contributed by atoms with Crippen molar-refractivity contribution in [2.24, 2.45) is 13.0 Å². The quantitative estimate of drug-likeness (QED) is 0.0434. The molecule has 4 aromatic carbocycles. The van der Waals surface area contributed by atoms with Crippen molar-refractivity contribution in [1.29, 1.82) is 0 Å². The van der Waals surface area contributed by atoms with Crippen LogP contribution in [-0.4, -0.2) is 86.4 Å². The molecule has 0 saturated heterocycles. The number of carbonyl (C=O) groups excluding carboxylic acids is 2. The number of sulfonamides is 1. The van der Waals surface area contributed by atoms with Crippen molar-refractivity contribution in [2.45, 2.75) is 89.1 Å². The van der Waals surface area contributed by atoms with Gasteiger partial charge in [0.25, 0.3) is 24.3 Å². The maximum absolute atomic E-state index is 15.8. The Labute approximate surface area is 485 Å². The van der Waals surface area contributed by atoms with Crippen LogP contribution in [0.1, 0.15) is 102 Å². The third-order valence-electron chi connectivity index (χ3n) is 14.6. The number of aromatic nitrogens is 8. The van der Waals surface area contributed by atoms with Gasteiger partial charge in [0.15, 0.2) is 11.6 Å². The summed E-state index contributed by atoms with van der Waals surface area (Å²) in [5.41, 5.74) is -6.74. The van der Waals surface area contributed by atoms with Gasteiger partial charge >= 0.3 is 13.8 Å². The lowest BCUT2D eigenvalue weighted by Gasteiger charge is -2.31. The highest BCUT2D eigenvalue weighted by molar-refractivity contribution is 7.92. The SMILES string of the molecule is Cc1cc(CC(=O)O)c(C(C)(C)CC(=O)N(c2nn(C)c3c(-n4c([C@H](Cc5cc(F)cc(F)c5)NC(=O)Cn5nc(C(F)F)c6c5C(F)(F)[C@@H]5C[C@H]65)nc5cc(-c6nccc(C(F)F)n6)ccc5c4=O)ccc(Cl)c23)S(C)(=O)=O)c(OP(=O)(O)O)c1. The van der Waals surface area contributed by atoms with E-state index < -0.39 is 161 Å². The van der Waals surface area contributed by atoms with Crippen molar-refractivity contribution >= 4 is 74.9 Å². The molecular formula is C54H46ClF8N10O11PS. The predicted octanol–water partition coefficient (Wildman–Crippen LogP) is 9.11. The first kappa shape index (κ1) is 60.9. The Morgan fingerprint density at radius 3 is 2.31 bits per heavy atom. The molecule has 452 valence electrons. The minimum atomic E-state index is -5.37. The van der Waals surface area contributed by atoms with Crippen LogP contribution >= 0.6 is 19.4 Å². The van der Waals surface area contributed by atoms with E-state index in [1.807, 2.05) is 0 Å². The third-order valence-corrected chi connectivity index (χ3v) is 16.4. The molecule has 4 N–H and O–H groups in total. The lowest BCUT2D eigenvalue weighted by molar-refractivity contribution is -0.136. The minimum absolute atomic E-state index is 0.00892. The normalized spacial score (nSPS) is 16.0. The summed E-state index contributed by atoms with van der Waals surface area (Å²) < 4.78 is 166. The molecule has 3 atom stereocenters. The second kappa shape index (κ2) is 22.0. The molecule has 21 nitrogen and oxygen atoms in total. The van der Waals surface area contributed by atoms with Crippen molar-refractivity contribution in [3.63, 3.8) is 0 Å². The molecule has 2 aliphatic rings. The fourth-order valence-corrected chi connectivity index (χ4v) is 12.8. The number of carboxylic acid groups (broad SMARTS) is 1. The highest BCUT2D eigenvalue weighted by Gasteiger charge is 2.67. The van der Waals surface area contributed by atoms with Gasteiger partial charge in [-0.05, 0) is 84.5 Å². The van der Waals surface area contributed by atoms with E-state index in [2.05, 4.69) is 25.5 Å². The molecule has 2 amide bonds. The van der Waals surface area contributed by atoms with Gasteiger partial charge in [0, 0.05) is 60.2 Å². The molecule has 0 spiro atoms. The largest absolute Gasteiger partial charge is 0.524 e. The van der Waals surface area contributed by atoms with Gasteiger partial charge in [-0.1, -0.05) is 37.6 Å². The van der Waals surface area contributed by atoms with Crippen molar-refractivity contribution in [2.75, 3.05) is 10.6 Å². The average Bonchev–Trinajstić information content (AvgIpc) is 1.52. The molecule has 8 aromatic rings. The molecule has 0 bridgehead atoms. The number of hydrogen-bond acceptors (Lipinski definition) is 13. The summed E-state index contributed by atoms with van der Waals surface area (Å²) in [4.78, 5) is 89.5. The fourth-order valence-electron chi connectivity index (χ4n) is 11.3. The summed E-state index contributed by atoms with van der Waals surface area (Å²) in [6.07, 6.45) is -7.15. The number of hydrogen-bond donors (Lipinski definition) is 4. The van der Waals surface area contributed by atoms with Crippen LogP contribution in [0, 0.1) is 24.5 Å². The molecule has 1 saturated carbocycles. The number of nitrogens with zero attached hydrogens (tertiary/aromatic N) is 9. The number of alkyl halides is 6. The maximum Gasteiger partial charge on any atom is 0.524 e. The van der Waals surface area contributed by atoms with Crippen LogP contribution < -0.4 is 19.7 Å². The fraction of sp³-hybridized carbons (Fsp3) is 0.315. The van der Waals surface area contributed by atoms with Gasteiger partial charge in [-0.25, -0.2) is 54.3 Å². The summed E-state index contributed by atoms with van der Waals surface area (Å²) in [7, 11) is -8.98. The van der Waals surface area contributed by atoms with Crippen LogP contribution in [0.2, 0.25) is 5.02 Å². The number of phosphoric ester groups is 1. The monoisotopic (exact) mass is 1260 g/mol. The Bertz CT molecular complexity index is 4390. The average molecular weight is 1260 g/mol. The number of nitrogens with one attached hydrogen (secondary N) is 1. The highest BCUT2D eigenvalue weighted by atomic mass is 35.5. The number of phosphoric acid groups is 1. The zero-order chi connectivity index (χ0) is 62.6. The number of halogens is 9. The van der Waals surface area contributed by atoms with Crippen LogP contribution in [0.25, 0.3) is 38.9 Å². The van der Waals surface area contributed by atoms with Gasteiger partial charge in [-0.3, -0.25) is 42.9 Å². The van der Waals surface area contributed by atoms with Crippen molar-refractivity contribution in [3.8, 4) is 22.8 Å². The number of carboxylic acids is 1. The van der Waals surface area contributed by atoms with E-state index in [1.165, 1.54) is 64.2 Å². The van der Waals surface area contributed by atoms with Crippen molar-refractivity contribution < 1.29 is 81.9 Å². The van der Waals surface area contributed by atoms with E-state index in [0.717, 1.165) is 39.7 Å². The molecule has 32 heteroatoms. The molecule has 10 rings (SSSR count). The van der Waals surface area contributed by atoms with Gasteiger partial charge < -0.3 is 14.9 Å². The molecule has 86 heavy (non-hydrogen) atoms. The first-order valence-corrected chi connectivity index (χ1v) is 29.4. The van der Waals surface area contributed by atoms with Crippen molar-refractivity contribution in [1.82, 2.24) is 44.4 Å². The predicted molar refractivity (Wildman–Crippen MR) is 291 cm³/mol. The van der Waals surface area contributed by atoms with E-state index in [9.17, 15) is 59.8 Å². The summed E-state index contributed by atoms with van der Waals surface area (Å²) in [5.74, 6) is -14.2. The van der Waals surface area contributed by atoms with E-state index in [0.29, 0.717) is 22.6 Å². The first-order valence-electron chi connectivity index (χ1n) is 25.6. The zero-order valence-electron chi connectivity index (χ0n) is 45.2. The molecule has 2 aliphatic carbocycles. The smallest absolute Gasteiger partial charge is 0.481 e. The molecule has 0 radical (unpaired) electrons. The van der Waals surface area contributed by atoms with Crippen LogP contribution in [-0.2, 0) is 66.7 Å². The number of fused-ring (bicyclic) bond motifs is 5. The van der Waals surface area contributed by atoms with E-state index in [1.54, 1.807) is 0 Å². The first-order chi connectivity index (χ1) is 40.1.